The van der Waals surface area contributed by atoms with Crippen LogP contribution in [0.5, 0.6) is 0 Å². The molecule has 1 aliphatic rings. The summed E-state index contributed by atoms with van der Waals surface area (Å²) >= 11 is 4.59. The Balaban J connectivity index is 2.34. The first-order valence-electron chi connectivity index (χ1n) is 5.96. The van der Waals surface area contributed by atoms with Crippen LogP contribution in [0.4, 0.5) is 5.69 Å². The molecule has 1 aromatic carbocycles. The van der Waals surface area contributed by atoms with Gasteiger partial charge in [0.1, 0.15) is 6.04 Å². The first-order chi connectivity index (χ1) is 9.90. The lowest BCUT2D eigenvalue weighted by atomic mass is 10.1. The van der Waals surface area contributed by atoms with Gasteiger partial charge in [-0.1, -0.05) is 15.9 Å². The number of carbonyl (C=O) groups is 2. The summed E-state index contributed by atoms with van der Waals surface area (Å²) in [6.07, 6.45) is 0. The fraction of sp³-hybridized carbons (Fsp3) is 0.333. The smallest absolute Gasteiger partial charge is 0.327 e. The molecule has 1 N–H and O–H groups in total. The van der Waals surface area contributed by atoms with Crippen molar-refractivity contribution in [1.82, 2.24) is 4.90 Å². The van der Waals surface area contributed by atoms with E-state index in [0.717, 1.165) is 6.07 Å². The normalized spacial score (nSPS) is 18.3. The number of carbonyl (C=O) groups excluding carboxylic acids is 1. The van der Waals surface area contributed by atoms with Gasteiger partial charge in [0.2, 0.25) is 0 Å². The molecule has 0 saturated carbocycles. The zero-order valence-electron chi connectivity index (χ0n) is 10.7. The van der Waals surface area contributed by atoms with Crippen molar-refractivity contribution in [3.8, 4) is 0 Å². The molecular formula is C12H11BrN2O5S. The zero-order valence-corrected chi connectivity index (χ0v) is 13.1. The minimum Gasteiger partial charge on any atom is -0.480 e. The average molecular weight is 375 g/mol. The highest BCUT2D eigenvalue weighted by Crippen LogP contribution is 2.25. The van der Waals surface area contributed by atoms with E-state index in [-0.39, 0.29) is 11.3 Å². The molecule has 7 nitrogen and oxygen atoms in total. The Morgan fingerprint density at radius 1 is 1.43 bits per heavy atom. The van der Waals surface area contributed by atoms with E-state index in [0.29, 0.717) is 22.5 Å². The summed E-state index contributed by atoms with van der Waals surface area (Å²) in [6, 6.07) is 3.00. The SMILES string of the molecule is O=C(O)C1CSCCN1C(=O)c1cc(Br)cc([N+](=O)[O-])c1. The van der Waals surface area contributed by atoms with Gasteiger partial charge in [0.15, 0.2) is 0 Å². The van der Waals surface area contributed by atoms with Gasteiger partial charge in [-0.15, -0.1) is 0 Å². The van der Waals surface area contributed by atoms with Crippen LogP contribution in [0.3, 0.4) is 0 Å². The highest BCUT2D eigenvalue weighted by Gasteiger charge is 2.33. The minimum atomic E-state index is -1.07. The topological polar surface area (TPSA) is 101 Å². The second-order valence-electron chi connectivity index (χ2n) is 4.38. The lowest BCUT2D eigenvalue weighted by Crippen LogP contribution is -2.50. The molecule has 1 aliphatic heterocycles. The third-order valence-corrected chi connectivity index (χ3v) is 4.50. The van der Waals surface area contributed by atoms with Gasteiger partial charge in [-0.05, 0) is 6.07 Å². The molecule has 21 heavy (non-hydrogen) atoms. The Labute approximate surface area is 132 Å². The van der Waals surface area contributed by atoms with Crippen molar-refractivity contribution in [2.24, 2.45) is 0 Å². The average Bonchev–Trinajstić information content (AvgIpc) is 2.45. The second-order valence-corrected chi connectivity index (χ2v) is 6.45. The predicted octanol–water partition coefficient (Wildman–Crippen LogP) is 2.00. The molecule has 1 saturated heterocycles. The highest BCUT2D eigenvalue weighted by atomic mass is 79.9. The van der Waals surface area contributed by atoms with Crippen molar-refractivity contribution < 1.29 is 19.6 Å². The summed E-state index contributed by atoms with van der Waals surface area (Å²) in [5, 5.41) is 20.0. The van der Waals surface area contributed by atoms with Crippen LogP contribution in [0.25, 0.3) is 0 Å². The van der Waals surface area contributed by atoms with Gasteiger partial charge in [0.05, 0.1) is 4.92 Å². The third-order valence-electron chi connectivity index (χ3n) is 3.01. The maximum absolute atomic E-state index is 12.5. The van der Waals surface area contributed by atoms with Crippen molar-refractivity contribution in [1.29, 1.82) is 0 Å². The Bertz CT molecular complexity index is 609. The molecule has 0 radical (unpaired) electrons. The van der Waals surface area contributed by atoms with Crippen LogP contribution in [-0.2, 0) is 4.79 Å². The molecule has 2 rings (SSSR count). The maximum Gasteiger partial charge on any atom is 0.327 e. The summed E-state index contributed by atoms with van der Waals surface area (Å²) in [5.41, 5.74) is -0.111. The molecule has 1 heterocycles. The molecule has 1 fully saturated rings. The number of nitro benzene ring substituents is 1. The number of nitrogens with zero attached hydrogens (tertiary/aromatic N) is 2. The number of carboxylic acid groups (broad SMARTS) is 1. The lowest BCUT2D eigenvalue weighted by molar-refractivity contribution is -0.385. The van der Waals surface area contributed by atoms with Gasteiger partial charge in [0, 0.05) is 40.2 Å². The van der Waals surface area contributed by atoms with Crippen molar-refractivity contribution in [3.05, 3.63) is 38.3 Å². The lowest BCUT2D eigenvalue weighted by Gasteiger charge is -2.32. The molecular weight excluding hydrogens is 364 g/mol. The Morgan fingerprint density at radius 3 is 2.76 bits per heavy atom. The Morgan fingerprint density at radius 2 is 2.14 bits per heavy atom. The zero-order chi connectivity index (χ0) is 15.6. The van der Waals surface area contributed by atoms with Gasteiger partial charge in [-0.25, -0.2) is 4.79 Å². The summed E-state index contributed by atoms with van der Waals surface area (Å²) < 4.78 is 0.401. The number of thioether (sulfide) groups is 1. The number of halogens is 1. The van der Waals surface area contributed by atoms with Crippen LogP contribution in [0.2, 0.25) is 0 Å². The maximum atomic E-state index is 12.5. The van der Waals surface area contributed by atoms with Crippen LogP contribution in [-0.4, -0.2) is 50.9 Å². The van der Waals surface area contributed by atoms with E-state index in [1.165, 1.54) is 28.8 Å². The molecule has 0 aliphatic carbocycles. The molecule has 112 valence electrons. The van der Waals surface area contributed by atoms with Gasteiger partial charge in [-0.2, -0.15) is 11.8 Å². The van der Waals surface area contributed by atoms with Crippen LogP contribution in [0.15, 0.2) is 22.7 Å². The number of hydrogen-bond donors (Lipinski definition) is 1. The molecule has 1 amide bonds. The first-order valence-corrected chi connectivity index (χ1v) is 7.91. The highest BCUT2D eigenvalue weighted by molar-refractivity contribution is 9.10. The van der Waals surface area contributed by atoms with E-state index in [2.05, 4.69) is 15.9 Å². The molecule has 1 unspecified atom stereocenters. The van der Waals surface area contributed by atoms with Crippen molar-refractivity contribution in [2.75, 3.05) is 18.1 Å². The van der Waals surface area contributed by atoms with Gasteiger partial charge in [0.25, 0.3) is 11.6 Å². The van der Waals surface area contributed by atoms with Crippen LogP contribution < -0.4 is 0 Å². The van der Waals surface area contributed by atoms with E-state index >= 15 is 0 Å². The Kier molecular flexibility index (Phi) is 4.84. The Hall–Kier alpha value is -1.61. The predicted molar refractivity (Wildman–Crippen MR) is 80.6 cm³/mol. The number of nitro groups is 1. The van der Waals surface area contributed by atoms with Crippen LogP contribution >= 0.6 is 27.7 Å². The number of carboxylic acids is 1. The summed E-state index contributed by atoms with van der Waals surface area (Å²) in [5.74, 6) is -0.616. The van der Waals surface area contributed by atoms with Crippen LogP contribution in [0.1, 0.15) is 10.4 Å². The molecule has 1 atom stereocenters. The number of non-ortho nitro benzene ring substituents is 1. The third kappa shape index (κ3) is 3.53. The monoisotopic (exact) mass is 374 g/mol. The molecule has 9 heteroatoms. The van der Waals surface area contributed by atoms with Crippen molar-refractivity contribution in [2.45, 2.75) is 6.04 Å². The summed E-state index contributed by atoms with van der Waals surface area (Å²) in [4.78, 5) is 35.2. The number of rotatable bonds is 3. The second kappa shape index (κ2) is 6.44. The molecule has 0 spiro atoms. The summed E-state index contributed by atoms with van der Waals surface area (Å²) in [7, 11) is 0. The van der Waals surface area contributed by atoms with Gasteiger partial charge >= 0.3 is 5.97 Å². The van der Waals surface area contributed by atoms with E-state index in [9.17, 15) is 24.8 Å². The molecule has 0 bridgehead atoms. The van der Waals surface area contributed by atoms with Crippen LogP contribution in [0, 0.1) is 10.1 Å². The van der Waals surface area contributed by atoms with E-state index in [1.807, 2.05) is 0 Å². The first kappa shape index (κ1) is 15.8. The fourth-order valence-electron chi connectivity index (χ4n) is 2.02. The largest absolute Gasteiger partial charge is 0.480 e. The number of amides is 1. The van der Waals surface area contributed by atoms with E-state index < -0.39 is 22.8 Å². The minimum absolute atomic E-state index is 0.106. The van der Waals surface area contributed by atoms with E-state index in [4.69, 9.17) is 0 Å². The van der Waals surface area contributed by atoms with Crippen molar-refractivity contribution in [3.63, 3.8) is 0 Å². The summed E-state index contributed by atoms with van der Waals surface area (Å²) in [6.45, 7) is 0.306. The number of benzene rings is 1. The molecule has 0 aromatic heterocycles. The fourth-order valence-corrected chi connectivity index (χ4v) is 3.54. The van der Waals surface area contributed by atoms with E-state index in [1.54, 1.807) is 0 Å². The number of hydrogen-bond acceptors (Lipinski definition) is 5. The number of aliphatic carboxylic acids is 1. The quantitative estimate of drug-likeness (QED) is 0.641. The van der Waals surface area contributed by atoms with Gasteiger partial charge < -0.3 is 10.0 Å². The van der Waals surface area contributed by atoms with Crippen molar-refractivity contribution >= 4 is 45.3 Å². The molecule has 1 aromatic rings. The standard InChI is InChI=1S/C12H11BrN2O5S/c13-8-3-7(4-9(5-8)15(19)20)11(16)14-1-2-21-6-10(14)12(17)18/h3-5,10H,1-2,6H2,(H,17,18). The van der Waals surface area contributed by atoms with Gasteiger partial charge in [-0.3, -0.25) is 14.9 Å².